The van der Waals surface area contributed by atoms with E-state index < -0.39 is 17.8 Å². The van der Waals surface area contributed by atoms with Gasteiger partial charge in [-0.15, -0.1) is 0 Å². The highest BCUT2D eigenvalue weighted by Gasteiger charge is 2.34. The zero-order valence-electron chi connectivity index (χ0n) is 11.2. The molecule has 1 aliphatic heterocycles. The molecule has 0 spiro atoms. The van der Waals surface area contributed by atoms with E-state index in [0.717, 1.165) is 4.90 Å². The maximum absolute atomic E-state index is 13.6. The highest BCUT2D eigenvalue weighted by Crippen LogP contribution is 2.24. The number of carbonyl (C=O) groups is 2. The molecule has 1 saturated heterocycles. The van der Waals surface area contributed by atoms with E-state index in [4.69, 9.17) is 11.6 Å². The number of rotatable bonds is 2. The molecule has 0 unspecified atom stereocenters. The summed E-state index contributed by atoms with van der Waals surface area (Å²) in [5.41, 5.74) is 0.637. The van der Waals surface area contributed by atoms with Gasteiger partial charge < -0.3 is 5.32 Å². The molecule has 6 heteroatoms. The fraction of sp³-hybridized carbons (Fsp3) is 0. The van der Waals surface area contributed by atoms with Gasteiger partial charge in [-0.2, -0.15) is 0 Å². The topological polar surface area (TPSA) is 49.4 Å². The zero-order valence-corrected chi connectivity index (χ0v) is 12.0. The van der Waals surface area contributed by atoms with E-state index in [1.807, 2.05) is 0 Å². The number of amides is 3. The minimum Gasteiger partial charge on any atom is -0.302 e. The third-order valence-electron chi connectivity index (χ3n) is 3.17. The number of benzene rings is 2. The molecule has 110 valence electrons. The van der Waals surface area contributed by atoms with Crippen molar-refractivity contribution in [3.8, 4) is 0 Å². The first-order valence-corrected chi connectivity index (χ1v) is 6.81. The van der Waals surface area contributed by atoms with E-state index in [1.54, 1.807) is 36.4 Å². The van der Waals surface area contributed by atoms with Gasteiger partial charge >= 0.3 is 6.03 Å². The molecule has 1 fully saturated rings. The van der Waals surface area contributed by atoms with Crippen LogP contribution in [0.15, 0.2) is 54.2 Å². The summed E-state index contributed by atoms with van der Waals surface area (Å²) in [7, 11) is 0. The minimum atomic E-state index is -0.588. The van der Waals surface area contributed by atoms with Crippen LogP contribution in [0.2, 0.25) is 5.02 Å². The molecule has 2 aromatic rings. The highest BCUT2D eigenvalue weighted by molar-refractivity contribution is 6.31. The molecule has 0 aromatic heterocycles. The lowest BCUT2D eigenvalue weighted by Gasteiger charge is -2.11. The number of nitrogens with one attached hydrogen (secondary N) is 1. The third kappa shape index (κ3) is 2.58. The van der Waals surface area contributed by atoms with Crippen molar-refractivity contribution in [1.29, 1.82) is 0 Å². The van der Waals surface area contributed by atoms with Gasteiger partial charge in [-0.3, -0.25) is 4.79 Å². The van der Waals surface area contributed by atoms with E-state index >= 15 is 0 Å². The number of anilines is 1. The normalized spacial score (nSPS) is 16.3. The molecule has 4 nitrogen and oxygen atoms in total. The summed E-state index contributed by atoms with van der Waals surface area (Å²) in [5.74, 6) is -1.02. The van der Waals surface area contributed by atoms with Gasteiger partial charge in [0.1, 0.15) is 11.5 Å². The molecular formula is C16H10ClFN2O2. The standard InChI is InChI=1S/C16H10ClFN2O2/c17-11-5-7-12(8-6-11)20-15(21)14(19-16(20)22)9-10-3-1-2-4-13(10)18/h1-9H,(H,19,22)/b14-9+. The molecule has 0 radical (unpaired) electrons. The van der Waals surface area contributed by atoms with Crippen molar-refractivity contribution < 1.29 is 14.0 Å². The molecule has 22 heavy (non-hydrogen) atoms. The van der Waals surface area contributed by atoms with Crippen molar-refractivity contribution in [3.05, 3.63) is 70.6 Å². The summed E-state index contributed by atoms with van der Waals surface area (Å²) in [6, 6.07) is 11.7. The number of nitrogens with zero attached hydrogens (tertiary/aromatic N) is 1. The summed E-state index contributed by atoms with van der Waals surface area (Å²) in [5, 5.41) is 2.94. The van der Waals surface area contributed by atoms with Crippen molar-refractivity contribution in [2.24, 2.45) is 0 Å². The second kappa shape index (κ2) is 5.61. The second-order valence-electron chi connectivity index (χ2n) is 4.63. The maximum atomic E-state index is 13.6. The van der Waals surface area contributed by atoms with E-state index in [-0.39, 0.29) is 11.3 Å². The van der Waals surface area contributed by atoms with Crippen molar-refractivity contribution in [1.82, 2.24) is 5.32 Å². The Morgan fingerprint density at radius 2 is 1.73 bits per heavy atom. The van der Waals surface area contributed by atoms with Gasteiger partial charge in [-0.05, 0) is 36.4 Å². The van der Waals surface area contributed by atoms with Gasteiger partial charge in [-0.25, -0.2) is 14.1 Å². The van der Waals surface area contributed by atoms with Gasteiger partial charge in [0, 0.05) is 10.6 Å². The molecule has 3 amide bonds. The van der Waals surface area contributed by atoms with Crippen LogP contribution in [0.5, 0.6) is 0 Å². The van der Waals surface area contributed by atoms with Crippen molar-refractivity contribution in [2.75, 3.05) is 4.90 Å². The molecule has 0 saturated carbocycles. The molecule has 1 aliphatic rings. The molecule has 1 heterocycles. The van der Waals surface area contributed by atoms with Crippen molar-refractivity contribution in [2.45, 2.75) is 0 Å². The van der Waals surface area contributed by atoms with Crippen LogP contribution in [0.4, 0.5) is 14.9 Å². The highest BCUT2D eigenvalue weighted by atomic mass is 35.5. The fourth-order valence-corrected chi connectivity index (χ4v) is 2.23. The zero-order chi connectivity index (χ0) is 15.7. The lowest BCUT2D eigenvalue weighted by molar-refractivity contribution is -0.113. The SMILES string of the molecule is O=C1N/C(=C/c2ccccc2F)C(=O)N1c1ccc(Cl)cc1. The van der Waals surface area contributed by atoms with Gasteiger partial charge in [0.25, 0.3) is 5.91 Å². The molecule has 0 aliphatic carbocycles. The number of halogens is 2. The lowest BCUT2D eigenvalue weighted by Crippen LogP contribution is -2.30. The average molecular weight is 317 g/mol. The summed E-state index contributed by atoms with van der Waals surface area (Å²) >= 11 is 5.79. The van der Waals surface area contributed by atoms with Gasteiger partial charge in [0.15, 0.2) is 0 Å². The number of imide groups is 1. The fourth-order valence-electron chi connectivity index (χ4n) is 2.11. The minimum absolute atomic E-state index is 0.0186. The quantitative estimate of drug-likeness (QED) is 0.680. The van der Waals surface area contributed by atoms with Crippen LogP contribution in [0.25, 0.3) is 6.08 Å². The van der Waals surface area contributed by atoms with E-state index in [9.17, 15) is 14.0 Å². The van der Waals surface area contributed by atoms with Crippen LogP contribution in [-0.4, -0.2) is 11.9 Å². The summed E-state index contributed by atoms with van der Waals surface area (Å²) in [6.07, 6.45) is 1.31. The van der Waals surface area contributed by atoms with Crippen LogP contribution in [0.3, 0.4) is 0 Å². The third-order valence-corrected chi connectivity index (χ3v) is 3.42. The number of hydrogen-bond acceptors (Lipinski definition) is 2. The van der Waals surface area contributed by atoms with Gasteiger partial charge in [-0.1, -0.05) is 29.8 Å². The molecule has 1 N–H and O–H groups in total. The smallest absolute Gasteiger partial charge is 0.302 e. The van der Waals surface area contributed by atoms with Crippen LogP contribution in [-0.2, 0) is 4.79 Å². The maximum Gasteiger partial charge on any atom is 0.333 e. The van der Waals surface area contributed by atoms with Crippen LogP contribution >= 0.6 is 11.6 Å². The Morgan fingerprint density at radius 1 is 1.05 bits per heavy atom. The monoisotopic (exact) mass is 316 g/mol. The van der Waals surface area contributed by atoms with E-state index in [2.05, 4.69) is 5.32 Å². The largest absolute Gasteiger partial charge is 0.333 e. The molecular weight excluding hydrogens is 307 g/mol. The number of carbonyl (C=O) groups excluding carboxylic acids is 2. The summed E-state index contributed by atoms with van der Waals surface area (Å²) in [6.45, 7) is 0. The Hall–Kier alpha value is -2.66. The van der Waals surface area contributed by atoms with Gasteiger partial charge in [0.2, 0.25) is 0 Å². The summed E-state index contributed by atoms with van der Waals surface area (Å²) < 4.78 is 13.6. The Labute approximate surface area is 130 Å². The number of urea groups is 1. The van der Waals surface area contributed by atoms with Gasteiger partial charge in [0.05, 0.1) is 5.69 Å². The first kappa shape index (κ1) is 14.3. The van der Waals surface area contributed by atoms with Crippen LogP contribution < -0.4 is 10.2 Å². The molecule has 2 aromatic carbocycles. The second-order valence-corrected chi connectivity index (χ2v) is 5.06. The van der Waals surface area contributed by atoms with Crippen LogP contribution in [0, 0.1) is 5.82 Å². The predicted molar refractivity (Wildman–Crippen MR) is 81.8 cm³/mol. The number of hydrogen-bond donors (Lipinski definition) is 1. The van der Waals surface area contributed by atoms with Crippen molar-refractivity contribution >= 4 is 35.3 Å². The van der Waals surface area contributed by atoms with Crippen molar-refractivity contribution in [3.63, 3.8) is 0 Å². The molecule has 3 rings (SSSR count). The first-order valence-electron chi connectivity index (χ1n) is 6.43. The Balaban J connectivity index is 1.95. The van der Waals surface area contributed by atoms with E-state index in [1.165, 1.54) is 18.2 Å². The predicted octanol–water partition coefficient (Wildman–Crippen LogP) is 3.58. The van der Waals surface area contributed by atoms with E-state index in [0.29, 0.717) is 10.7 Å². The molecule has 0 atom stereocenters. The van der Waals surface area contributed by atoms with Crippen LogP contribution in [0.1, 0.15) is 5.56 Å². The average Bonchev–Trinajstić information content (AvgIpc) is 2.77. The Kier molecular flexibility index (Phi) is 3.65. The lowest BCUT2D eigenvalue weighted by atomic mass is 10.2. The first-order chi connectivity index (χ1) is 10.6. The Morgan fingerprint density at radius 3 is 2.41 bits per heavy atom. The summed E-state index contributed by atoms with van der Waals surface area (Å²) in [4.78, 5) is 25.3. The Bertz CT molecular complexity index is 787. The molecule has 0 bridgehead atoms.